The molecule has 4 rings (SSSR count). The molecule has 3 aromatic rings. The van der Waals surface area contributed by atoms with E-state index < -0.39 is 10.0 Å². The minimum Gasteiger partial charge on any atom is -0.325 e. The quantitative estimate of drug-likeness (QED) is 0.519. The van der Waals surface area contributed by atoms with Crippen LogP contribution < -0.4 is 10.6 Å². The van der Waals surface area contributed by atoms with E-state index in [1.165, 1.54) is 28.6 Å². The summed E-state index contributed by atoms with van der Waals surface area (Å²) >= 11 is 1.55. The van der Waals surface area contributed by atoms with Crippen molar-refractivity contribution in [1.82, 2.24) is 9.62 Å². The Kier molecular flexibility index (Phi) is 7.00. The molecular weight excluding hydrogens is 449 g/mol. The summed E-state index contributed by atoms with van der Waals surface area (Å²) in [5, 5.41) is 7.96. The lowest BCUT2D eigenvalue weighted by Gasteiger charge is -2.18. The van der Waals surface area contributed by atoms with Crippen molar-refractivity contribution in [3.63, 3.8) is 0 Å². The molecule has 1 saturated heterocycles. The average Bonchev–Trinajstić information content (AvgIpc) is 3.50. The summed E-state index contributed by atoms with van der Waals surface area (Å²) in [7, 11) is -3.48. The third-order valence-corrected chi connectivity index (χ3v) is 8.19. The Bertz CT molecular complexity index is 1140. The minimum atomic E-state index is -3.48. The summed E-state index contributed by atoms with van der Waals surface area (Å²) in [5.74, 6) is -0.574. The molecule has 0 saturated carbocycles. The molecule has 2 aromatic carbocycles. The number of thiophene rings is 1. The fourth-order valence-corrected chi connectivity index (χ4v) is 6.03. The zero-order chi connectivity index (χ0) is 22.6. The van der Waals surface area contributed by atoms with Crippen molar-refractivity contribution < 1.29 is 17.6 Å². The van der Waals surface area contributed by atoms with Gasteiger partial charge in [0.15, 0.2) is 0 Å². The Balaban J connectivity index is 1.39. The van der Waals surface area contributed by atoms with Crippen LogP contribution in [0.15, 0.2) is 70.9 Å². The highest BCUT2D eigenvalue weighted by atomic mass is 32.2. The molecule has 1 aromatic heterocycles. The zero-order valence-electron chi connectivity index (χ0n) is 17.3. The van der Waals surface area contributed by atoms with E-state index >= 15 is 0 Å². The summed E-state index contributed by atoms with van der Waals surface area (Å²) in [6.45, 7) is 1.13. The first kappa shape index (κ1) is 22.6. The lowest BCUT2D eigenvalue weighted by Crippen LogP contribution is -2.31. The van der Waals surface area contributed by atoms with Gasteiger partial charge in [-0.25, -0.2) is 12.8 Å². The van der Waals surface area contributed by atoms with Crippen LogP contribution in [0.3, 0.4) is 0 Å². The highest BCUT2D eigenvalue weighted by Crippen LogP contribution is 2.26. The standard InChI is InChI=1S/C23H24FN3O3S2/c24-18-7-5-17(6-8-18)23(21-4-3-15-31-21)25-16-22(28)26-19-9-11-20(12-10-19)32(29,30)27-13-1-2-14-27/h3-12,15,23,25H,1-2,13-14,16H2,(H,26,28). The third-order valence-electron chi connectivity index (χ3n) is 5.34. The number of carbonyl (C=O) groups is 1. The molecule has 1 unspecified atom stereocenters. The van der Waals surface area contributed by atoms with Gasteiger partial charge in [-0.1, -0.05) is 18.2 Å². The number of benzene rings is 2. The first-order valence-electron chi connectivity index (χ1n) is 10.4. The number of nitrogens with one attached hydrogen (secondary N) is 2. The van der Waals surface area contributed by atoms with Gasteiger partial charge < -0.3 is 5.32 Å². The molecule has 0 bridgehead atoms. The smallest absolute Gasteiger partial charge is 0.243 e. The Hall–Kier alpha value is -2.59. The number of anilines is 1. The average molecular weight is 474 g/mol. The fourth-order valence-electron chi connectivity index (χ4n) is 3.68. The maximum atomic E-state index is 13.3. The number of rotatable bonds is 8. The van der Waals surface area contributed by atoms with Crippen LogP contribution in [0.25, 0.3) is 0 Å². The summed E-state index contributed by atoms with van der Waals surface area (Å²) in [5.41, 5.74) is 1.38. The highest BCUT2D eigenvalue weighted by Gasteiger charge is 2.27. The van der Waals surface area contributed by atoms with E-state index in [-0.39, 0.29) is 29.2 Å². The second-order valence-corrected chi connectivity index (χ2v) is 10.5. The van der Waals surface area contributed by atoms with Gasteiger partial charge in [-0.15, -0.1) is 11.3 Å². The molecule has 168 valence electrons. The third kappa shape index (κ3) is 5.24. The van der Waals surface area contributed by atoms with Gasteiger partial charge in [0, 0.05) is 23.7 Å². The molecule has 2 N–H and O–H groups in total. The summed E-state index contributed by atoms with van der Waals surface area (Å²) in [6.07, 6.45) is 1.76. The first-order chi connectivity index (χ1) is 15.4. The van der Waals surface area contributed by atoms with E-state index in [9.17, 15) is 17.6 Å². The van der Waals surface area contributed by atoms with Gasteiger partial charge in [0.2, 0.25) is 15.9 Å². The van der Waals surface area contributed by atoms with E-state index in [0.29, 0.717) is 18.8 Å². The minimum absolute atomic E-state index is 0.0355. The second-order valence-electron chi connectivity index (χ2n) is 7.56. The van der Waals surface area contributed by atoms with Crippen molar-refractivity contribution in [2.75, 3.05) is 25.0 Å². The molecular formula is C23H24FN3O3S2. The van der Waals surface area contributed by atoms with E-state index in [1.54, 1.807) is 35.6 Å². The van der Waals surface area contributed by atoms with Crippen molar-refractivity contribution in [3.8, 4) is 0 Å². The summed E-state index contributed by atoms with van der Waals surface area (Å²) < 4.78 is 40.0. The monoisotopic (exact) mass is 473 g/mol. The van der Waals surface area contributed by atoms with Crippen LogP contribution in [0.5, 0.6) is 0 Å². The van der Waals surface area contributed by atoms with Crippen LogP contribution in [0.2, 0.25) is 0 Å². The van der Waals surface area contributed by atoms with E-state index in [0.717, 1.165) is 23.3 Å². The van der Waals surface area contributed by atoms with Gasteiger partial charge >= 0.3 is 0 Å². The zero-order valence-corrected chi connectivity index (χ0v) is 19.0. The van der Waals surface area contributed by atoms with Crippen molar-refractivity contribution >= 4 is 33.0 Å². The van der Waals surface area contributed by atoms with Crippen LogP contribution in [0.4, 0.5) is 10.1 Å². The van der Waals surface area contributed by atoms with Gasteiger partial charge in [0.25, 0.3) is 0 Å². The van der Waals surface area contributed by atoms with E-state index in [2.05, 4.69) is 10.6 Å². The van der Waals surface area contributed by atoms with Crippen molar-refractivity contribution in [2.24, 2.45) is 0 Å². The molecule has 0 spiro atoms. The fraction of sp³-hybridized carbons (Fsp3) is 0.261. The highest BCUT2D eigenvalue weighted by molar-refractivity contribution is 7.89. The maximum Gasteiger partial charge on any atom is 0.243 e. The molecule has 1 aliphatic rings. The van der Waals surface area contributed by atoms with Gasteiger partial charge in [0.1, 0.15) is 5.82 Å². The van der Waals surface area contributed by atoms with Gasteiger partial charge in [-0.2, -0.15) is 4.31 Å². The Morgan fingerprint density at radius 3 is 2.34 bits per heavy atom. The van der Waals surface area contributed by atoms with Gasteiger partial charge in [-0.05, 0) is 66.2 Å². The molecule has 1 amide bonds. The van der Waals surface area contributed by atoms with Crippen molar-refractivity contribution in [2.45, 2.75) is 23.8 Å². The Labute approximate surface area is 191 Å². The molecule has 1 atom stereocenters. The molecule has 0 radical (unpaired) electrons. The number of halogens is 1. The van der Waals surface area contributed by atoms with E-state index in [1.807, 2.05) is 17.5 Å². The summed E-state index contributed by atoms with van der Waals surface area (Å²) in [4.78, 5) is 13.7. The van der Waals surface area contributed by atoms with Crippen LogP contribution in [0.1, 0.15) is 29.3 Å². The predicted octanol–water partition coefficient (Wildman–Crippen LogP) is 3.99. The number of sulfonamides is 1. The number of nitrogens with zero attached hydrogens (tertiary/aromatic N) is 1. The van der Waals surface area contributed by atoms with Gasteiger partial charge in [-0.3, -0.25) is 10.1 Å². The molecule has 2 heterocycles. The summed E-state index contributed by atoms with van der Waals surface area (Å²) in [6, 6.07) is 16.1. The van der Waals surface area contributed by atoms with Crippen molar-refractivity contribution in [3.05, 3.63) is 82.3 Å². The van der Waals surface area contributed by atoms with Gasteiger partial charge in [0.05, 0.1) is 17.5 Å². The Morgan fingerprint density at radius 1 is 1.03 bits per heavy atom. The van der Waals surface area contributed by atoms with E-state index in [4.69, 9.17) is 0 Å². The predicted molar refractivity (Wildman–Crippen MR) is 124 cm³/mol. The lowest BCUT2D eigenvalue weighted by molar-refractivity contribution is -0.115. The number of hydrogen-bond donors (Lipinski definition) is 2. The normalized spacial score (nSPS) is 15.5. The van der Waals surface area contributed by atoms with Crippen molar-refractivity contribution in [1.29, 1.82) is 0 Å². The first-order valence-corrected chi connectivity index (χ1v) is 12.7. The maximum absolute atomic E-state index is 13.3. The van der Waals surface area contributed by atoms with Crippen LogP contribution in [-0.2, 0) is 14.8 Å². The molecule has 1 aliphatic heterocycles. The molecule has 0 aliphatic carbocycles. The molecule has 1 fully saturated rings. The van der Waals surface area contributed by atoms with Crippen LogP contribution in [0, 0.1) is 5.82 Å². The van der Waals surface area contributed by atoms with Crippen LogP contribution >= 0.6 is 11.3 Å². The largest absolute Gasteiger partial charge is 0.325 e. The van der Waals surface area contributed by atoms with Crippen LogP contribution in [-0.4, -0.2) is 38.3 Å². The molecule has 32 heavy (non-hydrogen) atoms. The number of amides is 1. The number of carbonyl (C=O) groups excluding carboxylic acids is 1. The second kappa shape index (κ2) is 9.91. The molecule has 9 heteroatoms. The SMILES string of the molecule is O=C(CNC(c1ccc(F)cc1)c1cccs1)Nc1ccc(S(=O)(=O)N2CCCC2)cc1. The topological polar surface area (TPSA) is 78.5 Å². The Morgan fingerprint density at radius 2 is 1.72 bits per heavy atom. The molecule has 6 nitrogen and oxygen atoms in total. The lowest BCUT2D eigenvalue weighted by atomic mass is 10.1. The number of hydrogen-bond acceptors (Lipinski definition) is 5.